The van der Waals surface area contributed by atoms with Crippen molar-refractivity contribution in [2.24, 2.45) is 0 Å². The van der Waals surface area contributed by atoms with Gasteiger partial charge in [0.25, 0.3) is 11.6 Å². The number of nitro groups is 1. The van der Waals surface area contributed by atoms with Gasteiger partial charge in [0.05, 0.1) is 10.5 Å². The van der Waals surface area contributed by atoms with E-state index in [1.165, 1.54) is 54.3 Å². The number of hydrogen-bond acceptors (Lipinski definition) is 5. The van der Waals surface area contributed by atoms with Crippen LogP contribution in [0.2, 0.25) is 0 Å². The first-order valence-corrected chi connectivity index (χ1v) is 7.82. The lowest BCUT2D eigenvalue weighted by Gasteiger charge is -2.21. The van der Waals surface area contributed by atoms with Crippen molar-refractivity contribution in [2.75, 3.05) is 18.1 Å². The van der Waals surface area contributed by atoms with Crippen molar-refractivity contribution in [3.05, 3.63) is 69.5 Å². The van der Waals surface area contributed by atoms with Gasteiger partial charge in [-0.3, -0.25) is 14.9 Å². The predicted molar refractivity (Wildman–Crippen MR) is 92.5 cm³/mol. The van der Waals surface area contributed by atoms with E-state index in [1.807, 2.05) is 0 Å². The first-order valence-electron chi connectivity index (χ1n) is 7.82. The van der Waals surface area contributed by atoms with Crippen LogP contribution in [-0.4, -0.2) is 30.0 Å². The molecule has 0 radical (unpaired) electrons. The summed E-state index contributed by atoms with van der Waals surface area (Å²) < 4.78 is 18.0. The highest BCUT2D eigenvalue weighted by molar-refractivity contribution is 5.97. The van der Waals surface area contributed by atoms with Crippen LogP contribution in [0.5, 0.6) is 0 Å². The predicted octanol–water partition coefficient (Wildman–Crippen LogP) is 3.25. The van der Waals surface area contributed by atoms with Gasteiger partial charge in [-0.05, 0) is 44.2 Å². The number of nitro benzene ring substituents is 1. The molecule has 0 aliphatic rings. The minimum absolute atomic E-state index is 0.0248. The van der Waals surface area contributed by atoms with Crippen molar-refractivity contribution in [3.63, 3.8) is 0 Å². The molecular weight excluding hydrogens is 343 g/mol. The zero-order valence-corrected chi connectivity index (χ0v) is 14.3. The summed E-state index contributed by atoms with van der Waals surface area (Å²) in [6.45, 7) is 2.94. The van der Waals surface area contributed by atoms with Gasteiger partial charge < -0.3 is 9.64 Å². The topological polar surface area (TPSA) is 89.8 Å². The highest BCUT2D eigenvalue weighted by atomic mass is 19.1. The molecule has 7 nitrogen and oxygen atoms in total. The third-order valence-electron chi connectivity index (χ3n) is 3.80. The van der Waals surface area contributed by atoms with Gasteiger partial charge in [0.2, 0.25) is 0 Å². The molecule has 2 rings (SSSR count). The number of carbonyl (C=O) groups excluding carboxylic acids is 2. The molecule has 0 unspecified atom stereocenters. The molecule has 0 heterocycles. The van der Waals surface area contributed by atoms with Crippen molar-refractivity contribution >= 4 is 23.3 Å². The second-order valence-corrected chi connectivity index (χ2v) is 5.40. The maximum atomic E-state index is 13.0. The Labute approximate surface area is 149 Å². The minimum atomic E-state index is -0.824. The van der Waals surface area contributed by atoms with Crippen LogP contribution >= 0.6 is 0 Å². The van der Waals surface area contributed by atoms with Gasteiger partial charge >= 0.3 is 5.97 Å². The summed E-state index contributed by atoms with van der Waals surface area (Å²) >= 11 is 0. The van der Waals surface area contributed by atoms with Crippen LogP contribution in [0.1, 0.15) is 22.8 Å². The zero-order chi connectivity index (χ0) is 19.3. The molecule has 26 heavy (non-hydrogen) atoms. The SMILES string of the molecule is CCN(C(=O)COC(=O)c1cccc([N+](=O)[O-])c1C)c1ccc(F)cc1. The lowest BCUT2D eigenvalue weighted by molar-refractivity contribution is -0.385. The largest absolute Gasteiger partial charge is 0.452 e. The highest BCUT2D eigenvalue weighted by Crippen LogP contribution is 2.22. The summed E-state index contributed by atoms with van der Waals surface area (Å²) in [6, 6.07) is 9.40. The molecule has 8 heteroatoms. The van der Waals surface area contributed by atoms with E-state index in [0.29, 0.717) is 12.2 Å². The average Bonchev–Trinajstić information content (AvgIpc) is 2.61. The summed E-state index contributed by atoms with van der Waals surface area (Å²) in [5, 5.41) is 10.9. The van der Waals surface area contributed by atoms with Gasteiger partial charge in [-0.15, -0.1) is 0 Å². The van der Waals surface area contributed by atoms with Gasteiger partial charge in [0.1, 0.15) is 5.82 Å². The number of benzene rings is 2. The maximum Gasteiger partial charge on any atom is 0.339 e. The number of hydrogen-bond donors (Lipinski definition) is 0. The third-order valence-corrected chi connectivity index (χ3v) is 3.80. The smallest absolute Gasteiger partial charge is 0.339 e. The Morgan fingerprint density at radius 1 is 1.19 bits per heavy atom. The number of anilines is 1. The Hall–Kier alpha value is -3.29. The van der Waals surface area contributed by atoms with E-state index < -0.39 is 29.2 Å². The lowest BCUT2D eigenvalue weighted by atomic mass is 10.1. The molecule has 136 valence electrons. The van der Waals surface area contributed by atoms with Gasteiger partial charge in [0, 0.05) is 23.9 Å². The highest BCUT2D eigenvalue weighted by Gasteiger charge is 2.21. The van der Waals surface area contributed by atoms with Crippen molar-refractivity contribution in [2.45, 2.75) is 13.8 Å². The summed E-state index contributed by atoms with van der Waals surface area (Å²) in [5.74, 6) is -1.74. The first-order chi connectivity index (χ1) is 12.3. The van der Waals surface area contributed by atoms with Gasteiger partial charge in [0.15, 0.2) is 6.61 Å². The van der Waals surface area contributed by atoms with Crippen LogP contribution < -0.4 is 4.90 Å². The van der Waals surface area contributed by atoms with E-state index in [4.69, 9.17) is 4.74 Å². The fraction of sp³-hybridized carbons (Fsp3) is 0.222. The quantitative estimate of drug-likeness (QED) is 0.448. The van der Waals surface area contributed by atoms with Crippen LogP contribution in [0.15, 0.2) is 42.5 Å². The van der Waals surface area contributed by atoms with Crippen molar-refractivity contribution in [3.8, 4) is 0 Å². The number of amides is 1. The summed E-state index contributed by atoms with van der Waals surface area (Å²) in [4.78, 5) is 36.2. The standard InChI is InChI=1S/C18H17FN2O5/c1-3-20(14-9-7-13(19)8-10-14)17(22)11-26-18(23)15-5-4-6-16(12(15)2)21(24)25/h4-10H,3,11H2,1-2H3. The lowest BCUT2D eigenvalue weighted by Crippen LogP contribution is -2.34. The third kappa shape index (κ3) is 4.21. The molecular formula is C18H17FN2O5. The monoisotopic (exact) mass is 360 g/mol. The number of esters is 1. The van der Waals surface area contributed by atoms with E-state index in [0.717, 1.165) is 0 Å². The molecule has 0 spiro atoms. The summed E-state index contributed by atoms with van der Waals surface area (Å²) in [6.07, 6.45) is 0. The number of carbonyl (C=O) groups is 2. The Morgan fingerprint density at radius 2 is 1.85 bits per heavy atom. The Kier molecular flexibility index (Phi) is 6.00. The average molecular weight is 360 g/mol. The fourth-order valence-electron chi connectivity index (χ4n) is 2.45. The first kappa shape index (κ1) is 19.0. The van der Waals surface area contributed by atoms with Crippen molar-refractivity contribution in [1.29, 1.82) is 0 Å². The molecule has 0 bridgehead atoms. The molecule has 0 aromatic heterocycles. The number of halogens is 1. The zero-order valence-electron chi connectivity index (χ0n) is 14.3. The molecule has 0 N–H and O–H groups in total. The minimum Gasteiger partial charge on any atom is -0.452 e. The van der Waals surface area contributed by atoms with E-state index in [9.17, 15) is 24.1 Å². The Morgan fingerprint density at radius 3 is 2.42 bits per heavy atom. The van der Waals surface area contributed by atoms with Crippen LogP contribution in [0, 0.1) is 22.9 Å². The number of likely N-dealkylation sites (N-methyl/N-ethyl adjacent to an activating group) is 1. The van der Waals surface area contributed by atoms with Crippen molar-refractivity contribution < 1.29 is 23.6 Å². The maximum absolute atomic E-state index is 13.0. The molecule has 0 saturated heterocycles. The van der Waals surface area contributed by atoms with Gasteiger partial charge in [-0.25, -0.2) is 9.18 Å². The second-order valence-electron chi connectivity index (χ2n) is 5.40. The molecule has 0 aliphatic carbocycles. The van der Waals surface area contributed by atoms with Crippen LogP contribution in [0.25, 0.3) is 0 Å². The normalized spacial score (nSPS) is 10.3. The van der Waals surface area contributed by atoms with E-state index in [1.54, 1.807) is 6.92 Å². The Bertz CT molecular complexity index is 836. The second kappa shape index (κ2) is 8.19. The number of nitrogens with zero attached hydrogens (tertiary/aromatic N) is 2. The molecule has 0 fully saturated rings. The summed E-state index contributed by atoms with van der Waals surface area (Å²) in [7, 11) is 0. The number of ether oxygens (including phenoxy) is 1. The Balaban J connectivity index is 2.09. The van der Waals surface area contributed by atoms with E-state index in [2.05, 4.69) is 0 Å². The molecule has 2 aromatic rings. The summed E-state index contributed by atoms with van der Waals surface area (Å²) in [5.41, 5.74) is 0.464. The fourth-order valence-corrected chi connectivity index (χ4v) is 2.45. The van der Waals surface area contributed by atoms with E-state index >= 15 is 0 Å². The molecule has 0 atom stereocenters. The van der Waals surface area contributed by atoms with Gasteiger partial charge in [-0.2, -0.15) is 0 Å². The van der Waals surface area contributed by atoms with E-state index in [-0.39, 0.29) is 16.8 Å². The molecule has 1 amide bonds. The van der Waals surface area contributed by atoms with Crippen LogP contribution in [-0.2, 0) is 9.53 Å². The van der Waals surface area contributed by atoms with Gasteiger partial charge in [-0.1, -0.05) is 6.07 Å². The molecule has 2 aromatic carbocycles. The van der Waals surface area contributed by atoms with Crippen LogP contribution in [0.4, 0.5) is 15.8 Å². The van der Waals surface area contributed by atoms with Crippen molar-refractivity contribution in [1.82, 2.24) is 0 Å². The molecule has 0 saturated carbocycles. The number of rotatable bonds is 6. The van der Waals surface area contributed by atoms with Crippen LogP contribution in [0.3, 0.4) is 0 Å². The molecule has 0 aliphatic heterocycles.